The smallest absolute Gasteiger partial charge is 0.264 e. The van der Waals surface area contributed by atoms with Crippen LogP contribution >= 0.6 is 0 Å². The SMILES string of the molecule is CC(C)=C[C@@H]1[C@@H](C(=O)NS(=O)(=O)c2ccc3c(c2)OCCCO3)C1(C)C. The molecular weight excluding hydrogens is 354 g/mol. The van der Waals surface area contributed by atoms with E-state index in [9.17, 15) is 13.2 Å². The maximum absolute atomic E-state index is 12.6. The van der Waals surface area contributed by atoms with Crippen molar-refractivity contribution >= 4 is 15.9 Å². The first-order chi connectivity index (χ1) is 12.1. The van der Waals surface area contributed by atoms with Crippen molar-refractivity contribution < 1.29 is 22.7 Å². The van der Waals surface area contributed by atoms with Crippen molar-refractivity contribution in [1.29, 1.82) is 0 Å². The fourth-order valence-corrected chi connectivity index (χ4v) is 4.43. The number of hydrogen-bond donors (Lipinski definition) is 1. The van der Waals surface area contributed by atoms with Gasteiger partial charge in [-0.3, -0.25) is 4.79 Å². The van der Waals surface area contributed by atoms with Gasteiger partial charge in [0.25, 0.3) is 10.0 Å². The number of nitrogens with one attached hydrogen (secondary N) is 1. The van der Waals surface area contributed by atoms with Gasteiger partial charge in [-0.15, -0.1) is 0 Å². The molecule has 2 aliphatic rings. The van der Waals surface area contributed by atoms with Crippen molar-refractivity contribution in [2.75, 3.05) is 13.2 Å². The number of carbonyl (C=O) groups excluding carboxylic acids is 1. The van der Waals surface area contributed by atoms with Crippen molar-refractivity contribution in [3.05, 3.63) is 29.8 Å². The standard InChI is InChI=1S/C19H25NO5S/c1-12(2)10-14-17(19(14,3)4)18(21)20-26(22,23)13-6-7-15-16(11-13)25-9-5-8-24-15/h6-7,10-11,14,17H,5,8-9H2,1-4H3,(H,20,21)/t14-,17+/m1/s1. The molecule has 1 fully saturated rings. The van der Waals surface area contributed by atoms with Crippen LogP contribution in [0.1, 0.15) is 34.1 Å². The van der Waals surface area contributed by atoms with Gasteiger partial charge in [0, 0.05) is 12.5 Å². The number of ether oxygens (including phenoxy) is 2. The molecule has 0 aromatic heterocycles. The molecule has 1 aromatic carbocycles. The molecule has 1 aliphatic carbocycles. The Labute approximate surface area is 154 Å². The molecule has 26 heavy (non-hydrogen) atoms. The number of allylic oxidation sites excluding steroid dienone is 2. The van der Waals surface area contributed by atoms with Gasteiger partial charge in [0.15, 0.2) is 11.5 Å². The second-order valence-electron chi connectivity index (χ2n) is 7.70. The second-order valence-corrected chi connectivity index (χ2v) is 9.38. The average Bonchev–Trinajstić information content (AvgIpc) is 3.15. The van der Waals surface area contributed by atoms with E-state index in [0.717, 1.165) is 12.0 Å². The maximum Gasteiger partial charge on any atom is 0.264 e. The molecule has 7 heteroatoms. The number of hydrogen-bond acceptors (Lipinski definition) is 5. The lowest BCUT2D eigenvalue weighted by Crippen LogP contribution is -2.33. The Morgan fingerprint density at radius 3 is 2.50 bits per heavy atom. The van der Waals surface area contributed by atoms with Gasteiger partial charge in [0.1, 0.15) is 0 Å². The molecule has 1 N–H and O–H groups in total. The van der Waals surface area contributed by atoms with Gasteiger partial charge < -0.3 is 9.47 Å². The Kier molecular flexibility index (Phi) is 4.77. The summed E-state index contributed by atoms with van der Waals surface area (Å²) in [5.41, 5.74) is 0.867. The predicted octanol–water partition coefficient (Wildman–Crippen LogP) is 2.89. The van der Waals surface area contributed by atoms with Crippen molar-refractivity contribution in [1.82, 2.24) is 4.72 Å². The summed E-state index contributed by atoms with van der Waals surface area (Å²) >= 11 is 0. The van der Waals surface area contributed by atoms with Crippen LogP contribution in [0.4, 0.5) is 0 Å². The molecule has 142 valence electrons. The second kappa shape index (κ2) is 6.61. The van der Waals surface area contributed by atoms with Crippen LogP contribution in [0.2, 0.25) is 0 Å². The van der Waals surface area contributed by atoms with E-state index in [4.69, 9.17) is 9.47 Å². The van der Waals surface area contributed by atoms with Gasteiger partial charge in [0.05, 0.1) is 24.0 Å². The van der Waals surface area contributed by atoms with Crippen molar-refractivity contribution in [2.24, 2.45) is 17.3 Å². The highest BCUT2D eigenvalue weighted by Gasteiger charge is 2.60. The van der Waals surface area contributed by atoms with Gasteiger partial charge in [-0.05, 0) is 37.3 Å². The molecule has 1 aromatic rings. The highest BCUT2D eigenvalue weighted by molar-refractivity contribution is 7.90. The van der Waals surface area contributed by atoms with E-state index in [1.165, 1.54) is 12.1 Å². The van der Waals surface area contributed by atoms with Gasteiger partial charge >= 0.3 is 0 Å². The number of benzene rings is 1. The first-order valence-corrected chi connectivity index (χ1v) is 10.2. The average molecular weight is 379 g/mol. The van der Waals surface area contributed by atoms with Crippen LogP contribution in [0.3, 0.4) is 0 Å². The van der Waals surface area contributed by atoms with Crippen LogP contribution in [0.15, 0.2) is 34.7 Å². The third-order valence-electron chi connectivity index (χ3n) is 4.97. The van der Waals surface area contributed by atoms with Gasteiger partial charge in [0.2, 0.25) is 5.91 Å². The number of rotatable bonds is 4. The van der Waals surface area contributed by atoms with Crippen molar-refractivity contribution in [2.45, 2.75) is 39.0 Å². The summed E-state index contributed by atoms with van der Waals surface area (Å²) in [6, 6.07) is 4.39. The minimum absolute atomic E-state index is 0.00711. The largest absolute Gasteiger partial charge is 0.490 e. The molecule has 3 rings (SSSR count). The van der Waals surface area contributed by atoms with Gasteiger partial charge in [-0.1, -0.05) is 25.5 Å². The van der Waals surface area contributed by atoms with Gasteiger partial charge in [-0.25, -0.2) is 13.1 Å². The van der Waals surface area contributed by atoms with E-state index in [1.807, 2.05) is 33.8 Å². The summed E-state index contributed by atoms with van der Waals surface area (Å²) in [4.78, 5) is 12.6. The highest BCUT2D eigenvalue weighted by atomic mass is 32.2. The first-order valence-electron chi connectivity index (χ1n) is 8.74. The van der Waals surface area contributed by atoms with Crippen molar-refractivity contribution in [3.63, 3.8) is 0 Å². The molecule has 0 radical (unpaired) electrons. The van der Waals surface area contributed by atoms with Crippen LogP contribution in [-0.4, -0.2) is 27.5 Å². The van der Waals surface area contributed by atoms with E-state index in [1.54, 1.807) is 6.07 Å². The third kappa shape index (κ3) is 3.58. The van der Waals surface area contributed by atoms with E-state index >= 15 is 0 Å². The highest BCUT2D eigenvalue weighted by Crippen LogP contribution is 2.59. The predicted molar refractivity (Wildman–Crippen MR) is 97.6 cm³/mol. The lowest BCUT2D eigenvalue weighted by molar-refractivity contribution is -0.121. The molecule has 1 amide bonds. The number of fused-ring (bicyclic) bond motifs is 1. The molecule has 0 saturated heterocycles. The molecule has 1 aliphatic heterocycles. The fraction of sp³-hybridized carbons (Fsp3) is 0.526. The third-order valence-corrected chi connectivity index (χ3v) is 6.31. The summed E-state index contributed by atoms with van der Waals surface area (Å²) in [6.45, 7) is 8.88. The van der Waals surface area contributed by atoms with Gasteiger partial charge in [-0.2, -0.15) is 0 Å². The number of sulfonamides is 1. The van der Waals surface area contributed by atoms with E-state index in [0.29, 0.717) is 24.7 Å². The Hall–Kier alpha value is -2.02. The fourth-order valence-electron chi connectivity index (χ4n) is 3.41. The summed E-state index contributed by atoms with van der Waals surface area (Å²) in [6.07, 6.45) is 2.76. The Balaban J connectivity index is 1.78. The number of amides is 1. The minimum atomic E-state index is -3.97. The van der Waals surface area contributed by atoms with E-state index < -0.39 is 15.9 Å². The molecule has 1 heterocycles. The molecule has 1 saturated carbocycles. The molecule has 0 spiro atoms. The monoisotopic (exact) mass is 379 g/mol. The Bertz CT molecular complexity index is 853. The molecule has 6 nitrogen and oxygen atoms in total. The summed E-state index contributed by atoms with van der Waals surface area (Å²) < 4.78 is 38.6. The summed E-state index contributed by atoms with van der Waals surface area (Å²) in [5, 5.41) is 0. The van der Waals surface area contributed by atoms with Crippen LogP contribution in [0.25, 0.3) is 0 Å². The molecular formula is C19H25NO5S. The zero-order valence-corrected chi connectivity index (χ0v) is 16.4. The topological polar surface area (TPSA) is 81.7 Å². The minimum Gasteiger partial charge on any atom is -0.490 e. The van der Waals surface area contributed by atoms with Crippen LogP contribution in [0, 0.1) is 17.3 Å². The molecule has 0 unspecified atom stereocenters. The molecule has 0 bridgehead atoms. The normalized spacial score (nSPS) is 23.5. The summed E-state index contributed by atoms with van der Waals surface area (Å²) in [5.74, 6) is 0.121. The quantitative estimate of drug-likeness (QED) is 0.814. The van der Waals surface area contributed by atoms with Crippen LogP contribution in [-0.2, 0) is 14.8 Å². The molecule has 2 atom stereocenters. The number of carbonyl (C=O) groups is 1. The first kappa shape index (κ1) is 18.8. The Morgan fingerprint density at radius 1 is 1.19 bits per heavy atom. The summed E-state index contributed by atoms with van der Waals surface area (Å²) in [7, 11) is -3.97. The zero-order valence-electron chi connectivity index (χ0n) is 15.5. The lowest BCUT2D eigenvalue weighted by atomic mass is 10.1. The Morgan fingerprint density at radius 2 is 1.85 bits per heavy atom. The van der Waals surface area contributed by atoms with Crippen LogP contribution < -0.4 is 14.2 Å². The maximum atomic E-state index is 12.6. The van der Waals surface area contributed by atoms with E-state index in [-0.39, 0.29) is 22.1 Å². The van der Waals surface area contributed by atoms with E-state index in [2.05, 4.69) is 4.72 Å². The van der Waals surface area contributed by atoms with Crippen LogP contribution in [0.5, 0.6) is 11.5 Å². The zero-order chi connectivity index (χ0) is 19.1. The van der Waals surface area contributed by atoms with Crippen molar-refractivity contribution in [3.8, 4) is 11.5 Å². The lowest BCUT2D eigenvalue weighted by Gasteiger charge is -2.11.